The molecule has 1 aliphatic rings. The molecule has 0 radical (unpaired) electrons. The summed E-state index contributed by atoms with van der Waals surface area (Å²) in [5, 5.41) is 6.43. The largest absolute Gasteiger partial charge is 0.478 e. The number of carbonyl (C=O) groups is 1. The van der Waals surface area contributed by atoms with Crippen molar-refractivity contribution in [2.75, 3.05) is 11.6 Å². The standard InChI is InChI=1S/C29H29Cl3N2O3/c1-3-4-14-28(2,37-26-18-23(31)17-24(32)19-26)27(35)33-20-29(21-10-12-22(30)13-11-21)15-16-36-34(29)25-8-6-5-7-9-25/h5-13,15-19H,3-4,14,20H2,1-2H3,(H,33,35). The highest BCUT2D eigenvalue weighted by Crippen LogP contribution is 2.39. The molecule has 194 valence electrons. The Morgan fingerprint density at radius 3 is 2.32 bits per heavy atom. The summed E-state index contributed by atoms with van der Waals surface area (Å²) in [6.07, 6.45) is 5.80. The lowest BCUT2D eigenvalue weighted by Gasteiger charge is -2.38. The average Bonchev–Trinajstić information content (AvgIpc) is 3.31. The normalized spacial score (nSPS) is 18.2. The molecule has 1 aliphatic heterocycles. The van der Waals surface area contributed by atoms with Crippen LogP contribution < -0.4 is 15.1 Å². The van der Waals surface area contributed by atoms with Crippen LogP contribution in [0.3, 0.4) is 0 Å². The van der Waals surface area contributed by atoms with E-state index in [1.54, 1.807) is 36.4 Å². The maximum Gasteiger partial charge on any atom is 0.264 e. The van der Waals surface area contributed by atoms with Gasteiger partial charge in [0.15, 0.2) is 5.60 Å². The maximum atomic E-state index is 13.8. The molecular formula is C29H29Cl3N2O3. The number of anilines is 1. The number of unbranched alkanes of at least 4 members (excludes halogenated alkanes) is 1. The molecular weight excluding hydrogens is 531 g/mol. The van der Waals surface area contributed by atoms with Crippen molar-refractivity contribution in [2.24, 2.45) is 0 Å². The van der Waals surface area contributed by atoms with Crippen molar-refractivity contribution in [2.45, 2.75) is 44.2 Å². The van der Waals surface area contributed by atoms with Crippen molar-refractivity contribution in [3.63, 3.8) is 0 Å². The molecule has 1 N–H and O–H groups in total. The molecule has 4 rings (SSSR count). The summed E-state index contributed by atoms with van der Waals surface area (Å²) in [5.41, 5.74) is -0.207. The molecule has 1 heterocycles. The van der Waals surface area contributed by atoms with Crippen LogP contribution in [0.1, 0.15) is 38.7 Å². The monoisotopic (exact) mass is 558 g/mol. The third-order valence-corrected chi connectivity index (χ3v) is 7.08. The molecule has 0 saturated heterocycles. The van der Waals surface area contributed by atoms with E-state index < -0.39 is 11.1 Å². The molecule has 0 bridgehead atoms. The van der Waals surface area contributed by atoms with Crippen molar-refractivity contribution in [1.29, 1.82) is 0 Å². The number of amides is 1. The van der Waals surface area contributed by atoms with E-state index in [4.69, 9.17) is 44.4 Å². The molecule has 2 atom stereocenters. The number of nitrogens with zero attached hydrogens (tertiary/aromatic N) is 1. The van der Waals surface area contributed by atoms with Crippen LogP contribution in [0, 0.1) is 0 Å². The second kappa shape index (κ2) is 11.7. The van der Waals surface area contributed by atoms with Crippen molar-refractivity contribution >= 4 is 46.4 Å². The molecule has 3 aromatic carbocycles. The fourth-order valence-electron chi connectivity index (χ4n) is 4.38. The summed E-state index contributed by atoms with van der Waals surface area (Å²) >= 11 is 18.5. The second-order valence-corrected chi connectivity index (χ2v) is 10.5. The minimum Gasteiger partial charge on any atom is -0.478 e. The molecule has 0 fully saturated rings. The van der Waals surface area contributed by atoms with Gasteiger partial charge in [-0.2, -0.15) is 5.06 Å². The van der Waals surface area contributed by atoms with Gasteiger partial charge in [-0.05, 0) is 73.9 Å². The van der Waals surface area contributed by atoms with Gasteiger partial charge < -0.3 is 14.9 Å². The van der Waals surface area contributed by atoms with Crippen LogP contribution in [0.15, 0.2) is 85.1 Å². The van der Waals surface area contributed by atoms with E-state index in [-0.39, 0.29) is 12.5 Å². The van der Waals surface area contributed by atoms with E-state index in [0.717, 1.165) is 24.1 Å². The number of ether oxygens (including phenoxy) is 1. The number of halogens is 3. The Balaban J connectivity index is 1.64. The van der Waals surface area contributed by atoms with Crippen LogP contribution in [0.5, 0.6) is 5.75 Å². The van der Waals surface area contributed by atoms with E-state index in [1.807, 2.05) is 60.7 Å². The van der Waals surface area contributed by atoms with E-state index in [2.05, 4.69) is 12.2 Å². The summed E-state index contributed by atoms with van der Waals surface area (Å²) in [5.74, 6) is 0.187. The van der Waals surface area contributed by atoms with E-state index >= 15 is 0 Å². The predicted octanol–water partition coefficient (Wildman–Crippen LogP) is 7.95. The Labute approximate surface area is 232 Å². The fraction of sp³-hybridized carbons (Fsp3) is 0.276. The number of carbonyl (C=O) groups excluding carboxylic acids is 1. The lowest BCUT2D eigenvalue weighted by molar-refractivity contribution is -0.136. The van der Waals surface area contributed by atoms with Crippen molar-refractivity contribution in [3.8, 4) is 5.75 Å². The first-order valence-corrected chi connectivity index (χ1v) is 13.3. The average molecular weight is 560 g/mol. The quantitative estimate of drug-likeness (QED) is 0.274. The van der Waals surface area contributed by atoms with Gasteiger partial charge in [-0.3, -0.25) is 4.79 Å². The van der Waals surface area contributed by atoms with Crippen LogP contribution in [-0.2, 0) is 15.2 Å². The predicted molar refractivity (Wildman–Crippen MR) is 150 cm³/mol. The first-order chi connectivity index (χ1) is 17.8. The minimum absolute atomic E-state index is 0.222. The van der Waals surface area contributed by atoms with E-state index in [0.29, 0.717) is 27.2 Å². The number of benzene rings is 3. The maximum absolute atomic E-state index is 13.8. The van der Waals surface area contributed by atoms with Crippen molar-refractivity contribution < 1.29 is 14.4 Å². The molecule has 3 aromatic rings. The topological polar surface area (TPSA) is 50.8 Å². The molecule has 8 heteroatoms. The Morgan fingerprint density at radius 1 is 1.00 bits per heavy atom. The summed E-state index contributed by atoms with van der Waals surface area (Å²) in [6.45, 7) is 4.08. The van der Waals surface area contributed by atoms with Gasteiger partial charge in [0.1, 0.15) is 17.6 Å². The highest BCUT2D eigenvalue weighted by atomic mass is 35.5. The zero-order chi connectivity index (χ0) is 26.5. The zero-order valence-corrected chi connectivity index (χ0v) is 23.0. The highest BCUT2D eigenvalue weighted by Gasteiger charge is 2.44. The van der Waals surface area contributed by atoms with Crippen LogP contribution in [-0.4, -0.2) is 18.1 Å². The Bertz CT molecular complexity index is 1230. The molecule has 37 heavy (non-hydrogen) atoms. The SMILES string of the molecule is CCCCC(C)(Oc1cc(Cl)cc(Cl)c1)C(=O)NCC1(c2ccc(Cl)cc2)C=CON1c1ccccc1. The molecule has 1 amide bonds. The number of hydroxylamine groups is 1. The Hall–Kier alpha value is -2.86. The molecule has 2 unspecified atom stereocenters. The lowest BCUT2D eigenvalue weighted by atomic mass is 9.88. The number of para-hydroxylation sites is 1. The number of hydrogen-bond donors (Lipinski definition) is 1. The van der Waals surface area contributed by atoms with Gasteiger partial charge >= 0.3 is 0 Å². The van der Waals surface area contributed by atoms with Gasteiger partial charge in [-0.15, -0.1) is 0 Å². The number of nitrogens with one attached hydrogen (secondary N) is 1. The van der Waals surface area contributed by atoms with Gasteiger partial charge in [0.25, 0.3) is 5.91 Å². The first kappa shape index (κ1) is 27.2. The summed E-state index contributed by atoms with van der Waals surface area (Å²) in [7, 11) is 0. The van der Waals surface area contributed by atoms with Crippen molar-refractivity contribution in [1.82, 2.24) is 5.32 Å². The molecule has 0 spiro atoms. The summed E-state index contributed by atoms with van der Waals surface area (Å²) in [4.78, 5) is 19.7. The third kappa shape index (κ3) is 6.18. The van der Waals surface area contributed by atoms with Crippen LogP contribution in [0.25, 0.3) is 0 Å². The van der Waals surface area contributed by atoms with Gasteiger partial charge in [-0.1, -0.05) is 78.5 Å². The van der Waals surface area contributed by atoms with Gasteiger partial charge in [-0.25, -0.2) is 0 Å². The molecule has 0 saturated carbocycles. The lowest BCUT2D eigenvalue weighted by Crippen LogP contribution is -2.55. The van der Waals surface area contributed by atoms with E-state index in [1.165, 1.54) is 0 Å². The van der Waals surface area contributed by atoms with Crippen LogP contribution in [0.2, 0.25) is 15.1 Å². The third-order valence-electron chi connectivity index (χ3n) is 6.39. The van der Waals surface area contributed by atoms with Crippen LogP contribution in [0.4, 0.5) is 5.69 Å². The number of rotatable bonds is 10. The molecule has 0 aromatic heterocycles. The van der Waals surface area contributed by atoms with Crippen LogP contribution >= 0.6 is 34.8 Å². The van der Waals surface area contributed by atoms with Crippen molar-refractivity contribution in [3.05, 3.63) is 106 Å². The van der Waals surface area contributed by atoms with Gasteiger partial charge in [0.2, 0.25) is 0 Å². The highest BCUT2D eigenvalue weighted by molar-refractivity contribution is 6.34. The number of hydrogen-bond acceptors (Lipinski definition) is 4. The second-order valence-electron chi connectivity index (χ2n) is 9.19. The molecule has 5 nitrogen and oxygen atoms in total. The smallest absolute Gasteiger partial charge is 0.264 e. The van der Waals surface area contributed by atoms with Gasteiger partial charge in [0.05, 0.1) is 12.2 Å². The fourth-order valence-corrected chi connectivity index (χ4v) is 5.01. The van der Waals surface area contributed by atoms with Gasteiger partial charge in [0, 0.05) is 15.1 Å². The minimum atomic E-state index is -1.15. The first-order valence-electron chi connectivity index (χ1n) is 12.1. The Kier molecular flexibility index (Phi) is 8.58. The Morgan fingerprint density at radius 2 is 1.68 bits per heavy atom. The zero-order valence-electron chi connectivity index (χ0n) is 20.7. The summed E-state index contributed by atoms with van der Waals surface area (Å²) in [6, 6.07) is 22.2. The molecule has 0 aliphatic carbocycles. The summed E-state index contributed by atoms with van der Waals surface area (Å²) < 4.78 is 6.25. The van der Waals surface area contributed by atoms with E-state index in [9.17, 15) is 4.79 Å².